The average Bonchev–Trinajstić information content (AvgIpc) is 2.79. The molecule has 1 unspecified atom stereocenters. The van der Waals surface area contributed by atoms with Crippen LogP contribution in [0.2, 0.25) is 0 Å². The van der Waals surface area contributed by atoms with Crippen LogP contribution in [0.25, 0.3) is 0 Å². The maximum Gasteiger partial charge on any atom is 0.250 e. The number of hydrogen-bond acceptors (Lipinski definition) is 4. The van der Waals surface area contributed by atoms with Gasteiger partial charge < -0.3 is 14.8 Å². The predicted molar refractivity (Wildman–Crippen MR) is 77.5 cm³/mol. The average molecular weight is 276 g/mol. The molecule has 0 spiro atoms. The third kappa shape index (κ3) is 3.10. The van der Waals surface area contributed by atoms with Crippen LogP contribution < -0.4 is 14.8 Å². The molecular formula is C15H20N2O3. The Morgan fingerprint density at radius 1 is 1.25 bits per heavy atom. The molecule has 1 amide bonds. The van der Waals surface area contributed by atoms with Crippen LogP contribution in [-0.2, 0) is 11.2 Å². The molecule has 0 saturated carbocycles. The number of nitrogens with zero attached hydrogens (tertiary/aromatic N) is 1. The molecule has 2 rings (SSSR count). The molecule has 0 saturated heterocycles. The van der Waals surface area contributed by atoms with Gasteiger partial charge in [-0.25, -0.2) is 0 Å². The second kappa shape index (κ2) is 6.41. The van der Waals surface area contributed by atoms with Gasteiger partial charge in [0, 0.05) is 6.42 Å². The number of carbonyl (C=O) groups is 1. The fourth-order valence-corrected chi connectivity index (χ4v) is 2.25. The number of aliphatic imine (C=N–C) groups is 1. The van der Waals surface area contributed by atoms with Crippen LogP contribution in [0.1, 0.15) is 25.3 Å². The number of hydrogen-bond donors (Lipinski definition) is 1. The number of carbonyl (C=O) groups excluding carboxylic acids is 1. The van der Waals surface area contributed by atoms with Gasteiger partial charge in [0.2, 0.25) is 5.91 Å². The Morgan fingerprint density at radius 2 is 2.00 bits per heavy atom. The molecule has 0 fully saturated rings. The molecule has 5 heteroatoms. The van der Waals surface area contributed by atoms with E-state index in [-0.39, 0.29) is 11.9 Å². The lowest BCUT2D eigenvalue weighted by atomic mass is 10.1. The lowest BCUT2D eigenvalue weighted by Gasteiger charge is -2.09. The normalized spacial score (nSPS) is 17.6. The van der Waals surface area contributed by atoms with E-state index < -0.39 is 0 Å². The Balaban J connectivity index is 2.11. The summed E-state index contributed by atoms with van der Waals surface area (Å²) in [5.74, 6) is 2.10. The van der Waals surface area contributed by atoms with E-state index in [0.29, 0.717) is 17.9 Å². The number of methoxy groups -OCH3 is 2. The summed E-state index contributed by atoms with van der Waals surface area (Å²) in [6.07, 6.45) is 2.33. The summed E-state index contributed by atoms with van der Waals surface area (Å²) in [6.45, 7) is 2.05. The van der Waals surface area contributed by atoms with Gasteiger partial charge in [0.1, 0.15) is 11.9 Å². The van der Waals surface area contributed by atoms with Gasteiger partial charge in [-0.15, -0.1) is 0 Å². The maximum absolute atomic E-state index is 11.7. The van der Waals surface area contributed by atoms with E-state index in [4.69, 9.17) is 9.47 Å². The minimum atomic E-state index is -0.227. The SMILES string of the molecule is CCCC1N=C(Cc2ccc(OC)c(OC)c2)NC1=O. The fraction of sp³-hybridized carbons (Fsp3) is 0.467. The summed E-state index contributed by atoms with van der Waals surface area (Å²) in [6, 6.07) is 5.48. The third-order valence-corrected chi connectivity index (χ3v) is 3.26. The first kappa shape index (κ1) is 14.4. The Labute approximate surface area is 119 Å². The number of ether oxygens (including phenoxy) is 2. The van der Waals surface area contributed by atoms with Crippen molar-refractivity contribution in [1.82, 2.24) is 5.32 Å². The Morgan fingerprint density at radius 3 is 2.65 bits per heavy atom. The van der Waals surface area contributed by atoms with E-state index in [1.165, 1.54) is 0 Å². The minimum Gasteiger partial charge on any atom is -0.493 e. The molecule has 1 aromatic rings. The number of benzene rings is 1. The van der Waals surface area contributed by atoms with Crippen molar-refractivity contribution in [2.45, 2.75) is 32.2 Å². The van der Waals surface area contributed by atoms with Crippen LogP contribution in [0, 0.1) is 0 Å². The van der Waals surface area contributed by atoms with Crippen LogP contribution in [0.3, 0.4) is 0 Å². The Hall–Kier alpha value is -2.04. The lowest BCUT2D eigenvalue weighted by Crippen LogP contribution is -2.29. The zero-order valence-electron chi connectivity index (χ0n) is 12.1. The third-order valence-electron chi connectivity index (χ3n) is 3.26. The van der Waals surface area contributed by atoms with Crippen LogP contribution in [0.15, 0.2) is 23.2 Å². The predicted octanol–water partition coefficient (Wildman–Crippen LogP) is 1.94. The van der Waals surface area contributed by atoms with Gasteiger partial charge in [-0.2, -0.15) is 0 Å². The molecular weight excluding hydrogens is 256 g/mol. The van der Waals surface area contributed by atoms with Crippen LogP contribution in [0.5, 0.6) is 11.5 Å². The summed E-state index contributed by atoms with van der Waals surface area (Å²) in [5.41, 5.74) is 1.03. The molecule has 20 heavy (non-hydrogen) atoms. The van der Waals surface area contributed by atoms with Gasteiger partial charge in [0.15, 0.2) is 11.5 Å². The highest BCUT2D eigenvalue weighted by molar-refractivity contribution is 6.06. The summed E-state index contributed by atoms with van der Waals surface area (Å²) in [5, 5.41) is 2.84. The van der Waals surface area contributed by atoms with Crippen molar-refractivity contribution >= 4 is 11.7 Å². The molecule has 1 atom stereocenters. The fourth-order valence-electron chi connectivity index (χ4n) is 2.25. The molecule has 1 aromatic carbocycles. The maximum atomic E-state index is 11.7. The first-order valence-electron chi connectivity index (χ1n) is 6.76. The van der Waals surface area contributed by atoms with Crippen molar-refractivity contribution in [3.63, 3.8) is 0 Å². The van der Waals surface area contributed by atoms with Crippen molar-refractivity contribution in [2.24, 2.45) is 4.99 Å². The number of nitrogens with one attached hydrogen (secondary N) is 1. The lowest BCUT2D eigenvalue weighted by molar-refractivity contribution is -0.120. The first-order valence-corrected chi connectivity index (χ1v) is 6.76. The van der Waals surface area contributed by atoms with Gasteiger partial charge >= 0.3 is 0 Å². The van der Waals surface area contributed by atoms with E-state index >= 15 is 0 Å². The highest BCUT2D eigenvalue weighted by Gasteiger charge is 2.25. The molecule has 0 aliphatic carbocycles. The molecule has 1 heterocycles. The van der Waals surface area contributed by atoms with Gasteiger partial charge in [-0.1, -0.05) is 19.4 Å². The van der Waals surface area contributed by atoms with Gasteiger partial charge in [-0.3, -0.25) is 9.79 Å². The topological polar surface area (TPSA) is 59.9 Å². The Bertz CT molecular complexity index is 526. The second-order valence-corrected chi connectivity index (χ2v) is 4.74. The van der Waals surface area contributed by atoms with E-state index in [2.05, 4.69) is 17.2 Å². The van der Waals surface area contributed by atoms with E-state index in [0.717, 1.165) is 24.2 Å². The number of rotatable bonds is 6. The summed E-state index contributed by atoms with van der Waals surface area (Å²) in [4.78, 5) is 16.2. The summed E-state index contributed by atoms with van der Waals surface area (Å²) in [7, 11) is 3.21. The van der Waals surface area contributed by atoms with Gasteiger partial charge in [-0.05, 0) is 24.1 Å². The number of amidine groups is 1. The van der Waals surface area contributed by atoms with Crippen molar-refractivity contribution in [3.05, 3.63) is 23.8 Å². The van der Waals surface area contributed by atoms with E-state index in [1.807, 2.05) is 18.2 Å². The minimum absolute atomic E-state index is 0.00215. The highest BCUT2D eigenvalue weighted by atomic mass is 16.5. The number of amides is 1. The van der Waals surface area contributed by atoms with Crippen LogP contribution >= 0.6 is 0 Å². The van der Waals surface area contributed by atoms with Gasteiger partial charge in [0.25, 0.3) is 0 Å². The van der Waals surface area contributed by atoms with Crippen molar-refractivity contribution in [1.29, 1.82) is 0 Å². The standard InChI is InChI=1S/C15H20N2O3/c1-4-5-11-15(18)17-14(16-11)9-10-6-7-12(19-2)13(8-10)20-3/h6-8,11H,4-5,9H2,1-3H3,(H,16,17,18). The zero-order valence-corrected chi connectivity index (χ0v) is 12.1. The summed E-state index contributed by atoms with van der Waals surface area (Å²) < 4.78 is 10.5. The molecule has 5 nitrogen and oxygen atoms in total. The van der Waals surface area contributed by atoms with Crippen molar-refractivity contribution < 1.29 is 14.3 Å². The molecule has 1 aliphatic rings. The van der Waals surface area contributed by atoms with Crippen molar-refractivity contribution in [2.75, 3.05) is 14.2 Å². The molecule has 1 N–H and O–H groups in total. The summed E-state index contributed by atoms with van der Waals surface area (Å²) >= 11 is 0. The highest BCUT2D eigenvalue weighted by Crippen LogP contribution is 2.27. The smallest absolute Gasteiger partial charge is 0.250 e. The zero-order chi connectivity index (χ0) is 14.5. The van der Waals surface area contributed by atoms with Crippen LogP contribution in [-0.4, -0.2) is 32.0 Å². The Kier molecular flexibility index (Phi) is 4.61. The molecule has 0 radical (unpaired) electrons. The van der Waals surface area contributed by atoms with Crippen LogP contribution in [0.4, 0.5) is 0 Å². The van der Waals surface area contributed by atoms with Gasteiger partial charge in [0.05, 0.1) is 14.2 Å². The largest absolute Gasteiger partial charge is 0.493 e. The molecule has 0 aromatic heterocycles. The molecule has 108 valence electrons. The van der Waals surface area contributed by atoms with E-state index in [1.54, 1.807) is 14.2 Å². The van der Waals surface area contributed by atoms with Crippen molar-refractivity contribution in [3.8, 4) is 11.5 Å². The first-order chi connectivity index (χ1) is 9.67. The molecule has 0 bridgehead atoms. The second-order valence-electron chi connectivity index (χ2n) is 4.74. The molecule has 1 aliphatic heterocycles. The monoisotopic (exact) mass is 276 g/mol. The quantitative estimate of drug-likeness (QED) is 0.864. The van der Waals surface area contributed by atoms with E-state index in [9.17, 15) is 4.79 Å².